The molecule has 0 aliphatic carbocycles. The van der Waals surface area contributed by atoms with Crippen LogP contribution in [0, 0.1) is 0 Å². The summed E-state index contributed by atoms with van der Waals surface area (Å²) in [6, 6.07) is 0.104. The van der Waals surface area contributed by atoms with E-state index in [4.69, 9.17) is 11.5 Å². The molecule has 2 heteroatoms. The molecule has 4 N–H and O–H groups in total. The first-order valence-corrected chi connectivity index (χ1v) is 3.61. The fourth-order valence-corrected chi connectivity index (χ4v) is 0.894. The van der Waals surface area contributed by atoms with Crippen LogP contribution in [0.1, 0.15) is 33.6 Å². The van der Waals surface area contributed by atoms with Gasteiger partial charge in [-0.25, -0.2) is 0 Å². The molecule has 1 atom stereocenters. The molecule has 0 fully saturated rings. The van der Waals surface area contributed by atoms with Gasteiger partial charge in [-0.2, -0.15) is 0 Å². The number of nitrogens with two attached hydrogens (primary N) is 2. The lowest BCUT2D eigenvalue weighted by Gasteiger charge is -2.30. The maximum atomic E-state index is 5.91. The van der Waals surface area contributed by atoms with Crippen LogP contribution in [0.15, 0.2) is 0 Å². The Morgan fingerprint density at radius 3 is 1.67 bits per heavy atom. The Labute approximate surface area is 57.6 Å². The summed E-state index contributed by atoms with van der Waals surface area (Å²) in [4.78, 5) is 0. The van der Waals surface area contributed by atoms with E-state index in [0.717, 1.165) is 12.8 Å². The Kier molecular flexibility index (Phi) is 3.15. The molecular formula is C7H18N2. The van der Waals surface area contributed by atoms with Crippen LogP contribution in [-0.4, -0.2) is 11.6 Å². The van der Waals surface area contributed by atoms with Crippen molar-refractivity contribution in [3.63, 3.8) is 0 Å². The summed E-state index contributed by atoms with van der Waals surface area (Å²) in [5, 5.41) is 0. The minimum absolute atomic E-state index is 0.104. The van der Waals surface area contributed by atoms with E-state index in [2.05, 4.69) is 13.8 Å². The van der Waals surface area contributed by atoms with E-state index in [1.165, 1.54) is 0 Å². The van der Waals surface area contributed by atoms with E-state index in [9.17, 15) is 0 Å². The molecule has 9 heavy (non-hydrogen) atoms. The molecule has 0 radical (unpaired) electrons. The third-order valence-corrected chi connectivity index (χ3v) is 2.22. The van der Waals surface area contributed by atoms with Gasteiger partial charge in [0.25, 0.3) is 0 Å². The lowest BCUT2D eigenvalue weighted by Crippen LogP contribution is -2.52. The van der Waals surface area contributed by atoms with Crippen molar-refractivity contribution in [2.75, 3.05) is 0 Å². The normalized spacial score (nSPS) is 15.7. The van der Waals surface area contributed by atoms with Crippen molar-refractivity contribution in [1.82, 2.24) is 0 Å². The van der Waals surface area contributed by atoms with E-state index in [0.29, 0.717) is 0 Å². The number of hydrogen-bond donors (Lipinski definition) is 2. The fraction of sp³-hybridized carbons (Fsp3) is 1.00. The van der Waals surface area contributed by atoms with E-state index in [1.54, 1.807) is 0 Å². The van der Waals surface area contributed by atoms with Crippen LogP contribution in [-0.2, 0) is 0 Å². The van der Waals surface area contributed by atoms with E-state index in [-0.39, 0.29) is 11.6 Å². The molecule has 0 rings (SSSR count). The van der Waals surface area contributed by atoms with Gasteiger partial charge < -0.3 is 11.5 Å². The van der Waals surface area contributed by atoms with Crippen molar-refractivity contribution in [3.05, 3.63) is 0 Å². The van der Waals surface area contributed by atoms with Gasteiger partial charge in [0.2, 0.25) is 0 Å². The lowest BCUT2D eigenvalue weighted by atomic mass is 9.87. The Balaban J connectivity index is 3.92. The molecular weight excluding hydrogens is 112 g/mol. The van der Waals surface area contributed by atoms with Gasteiger partial charge in [-0.05, 0) is 19.8 Å². The quantitative estimate of drug-likeness (QED) is 0.595. The Bertz CT molecular complexity index is 75.0. The second kappa shape index (κ2) is 3.18. The van der Waals surface area contributed by atoms with Gasteiger partial charge >= 0.3 is 0 Å². The predicted octanol–water partition coefficient (Wildman–Crippen LogP) is 0.851. The summed E-state index contributed by atoms with van der Waals surface area (Å²) in [6.07, 6.45) is 1.92. The zero-order chi connectivity index (χ0) is 7.49. The zero-order valence-corrected chi connectivity index (χ0v) is 6.65. The molecule has 1 unspecified atom stereocenters. The maximum Gasteiger partial charge on any atom is 0.0299 e. The third-order valence-electron chi connectivity index (χ3n) is 2.22. The molecule has 0 aliphatic rings. The molecule has 56 valence electrons. The van der Waals surface area contributed by atoms with E-state index >= 15 is 0 Å². The Morgan fingerprint density at radius 2 is 1.67 bits per heavy atom. The second-order valence-corrected chi connectivity index (χ2v) is 2.73. The van der Waals surface area contributed by atoms with E-state index < -0.39 is 0 Å². The summed E-state index contributed by atoms with van der Waals surface area (Å²) in [6.45, 7) is 6.12. The zero-order valence-electron chi connectivity index (χ0n) is 6.65. The van der Waals surface area contributed by atoms with Crippen molar-refractivity contribution in [1.29, 1.82) is 0 Å². The standard InChI is InChI=1S/C7H18N2/c1-4-7(9,5-2)6(3)8/h6H,4-5,8-9H2,1-3H3. The van der Waals surface area contributed by atoms with Crippen molar-refractivity contribution in [3.8, 4) is 0 Å². The molecule has 0 saturated carbocycles. The summed E-state index contributed by atoms with van der Waals surface area (Å²) in [5.41, 5.74) is 11.4. The van der Waals surface area contributed by atoms with Crippen LogP contribution in [0.2, 0.25) is 0 Å². The fourth-order valence-electron chi connectivity index (χ4n) is 0.894. The predicted molar refractivity (Wildman–Crippen MR) is 41.1 cm³/mol. The molecule has 2 nitrogen and oxygen atoms in total. The van der Waals surface area contributed by atoms with Crippen LogP contribution >= 0.6 is 0 Å². The van der Waals surface area contributed by atoms with Crippen LogP contribution < -0.4 is 11.5 Å². The monoisotopic (exact) mass is 130 g/mol. The second-order valence-electron chi connectivity index (χ2n) is 2.73. The van der Waals surface area contributed by atoms with Gasteiger partial charge in [0, 0.05) is 11.6 Å². The van der Waals surface area contributed by atoms with Crippen molar-refractivity contribution in [2.24, 2.45) is 11.5 Å². The van der Waals surface area contributed by atoms with Crippen molar-refractivity contribution >= 4 is 0 Å². The van der Waals surface area contributed by atoms with Gasteiger partial charge in [-0.15, -0.1) is 0 Å². The van der Waals surface area contributed by atoms with Gasteiger partial charge in [0.1, 0.15) is 0 Å². The van der Waals surface area contributed by atoms with Crippen molar-refractivity contribution in [2.45, 2.75) is 45.2 Å². The first-order valence-electron chi connectivity index (χ1n) is 3.61. The lowest BCUT2D eigenvalue weighted by molar-refractivity contribution is 0.336. The molecule has 0 aromatic rings. The van der Waals surface area contributed by atoms with Crippen LogP contribution in [0.5, 0.6) is 0 Å². The SMILES string of the molecule is CCC(N)(CC)C(C)N. The number of rotatable bonds is 3. The van der Waals surface area contributed by atoms with Crippen molar-refractivity contribution < 1.29 is 0 Å². The summed E-state index contributed by atoms with van der Waals surface area (Å²) in [7, 11) is 0. The molecule has 0 heterocycles. The van der Waals surface area contributed by atoms with E-state index in [1.807, 2.05) is 6.92 Å². The van der Waals surface area contributed by atoms with Gasteiger partial charge in [-0.3, -0.25) is 0 Å². The van der Waals surface area contributed by atoms with Gasteiger partial charge in [-0.1, -0.05) is 13.8 Å². The Hall–Kier alpha value is -0.0800. The number of hydrogen-bond acceptors (Lipinski definition) is 2. The van der Waals surface area contributed by atoms with Gasteiger partial charge in [0.05, 0.1) is 0 Å². The molecule has 0 bridgehead atoms. The highest BCUT2D eigenvalue weighted by atomic mass is 14.8. The summed E-state index contributed by atoms with van der Waals surface area (Å²) in [5.74, 6) is 0. The first kappa shape index (κ1) is 8.92. The minimum atomic E-state index is -0.139. The average Bonchev–Trinajstić information content (AvgIpc) is 1.86. The first-order chi connectivity index (χ1) is 4.06. The van der Waals surface area contributed by atoms with Gasteiger partial charge in [0.15, 0.2) is 0 Å². The molecule has 0 aromatic carbocycles. The highest BCUT2D eigenvalue weighted by molar-refractivity contribution is 4.88. The average molecular weight is 130 g/mol. The highest BCUT2D eigenvalue weighted by Crippen LogP contribution is 2.13. The maximum absolute atomic E-state index is 5.91. The molecule has 0 aromatic heterocycles. The van der Waals surface area contributed by atoms with Crippen LogP contribution in [0.4, 0.5) is 0 Å². The van der Waals surface area contributed by atoms with Crippen LogP contribution in [0.25, 0.3) is 0 Å². The Morgan fingerprint density at radius 1 is 1.33 bits per heavy atom. The topological polar surface area (TPSA) is 52.0 Å². The summed E-state index contributed by atoms with van der Waals surface area (Å²) < 4.78 is 0. The highest BCUT2D eigenvalue weighted by Gasteiger charge is 2.24. The molecule has 0 amide bonds. The smallest absolute Gasteiger partial charge is 0.0299 e. The van der Waals surface area contributed by atoms with Crippen LogP contribution in [0.3, 0.4) is 0 Å². The largest absolute Gasteiger partial charge is 0.326 e. The third kappa shape index (κ3) is 1.95. The molecule has 0 saturated heterocycles. The molecule has 0 spiro atoms. The summed E-state index contributed by atoms with van der Waals surface area (Å²) >= 11 is 0. The minimum Gasteiger partial charge on any atom is -0.326 e. The molecule has 0 aliphatic heterocycles.